The second-order valence-corrected chi connectivity index (χ2v) is 10.2. The molecule has 0 radical (unpaired) electrons. The molecule has 6 nitrogen and oxygen atoms in total. The average Bonchev–Trinajstić information content (AvgIpc) is 3.24. The van der Waals surface area contributed by atoms with E-state index in [4.69, 9.17) is 34.8 Å². The molecule has 4 rings (SSSR count). The fourth-order valence-corrected chi connectivity index (χ4v) is 5.31. The summed E-state index contributed by atoms with van der Waals surface area (Å²) in [6, 6.07) is 6.54. The van der Waals surface area contributed by atoms with Crippen LogP contribution in [0.5, 0.6) is 0 Å². The number of aromatic nitrogens is 4. The molecule has 3 heterocycles. The number of carbonyl (C=O) groups excluding carboxylic acids is 1. The van der Waals surface area contributed by atoms with Crippen LogP contribution in [0.2, 0.25) is 15.1 Å². The molecule has 3 aromatic heterocycles. The first-order valence-corrected chi connectivity index (χ1v) is 13.1. The number of aromatic amines is 1. The molecule has 0 bridgehead atoms. The number of halogens is 4. The van der Waals surface area contributed by atoms with Crippen LogP contribution in [0.1, 0.15) is 25.3 Å². The Balaban J connectivity index is 1.34. The summed E-state index contributed by atoms with van der Waals surface area (Å²) in [5.74, 6) is 1.01. The average molecular weight is 553 g/mol. The number of nitrogens with zero attached hydrogens (tertiary/aromatic N) is 3. The van der Waals surface area contributed by atoms with E-state index in [-0.39, 0.29) is 11.6 Å². The fourth-order valence-electron chi connectivity index (χ4n) is 3.46. The van der Waals surface area contributed by atoms with E-state index in [1.807, 2.05) is 18.2 Å². The summed E-state index contributed by atoms with van der Waals surface area (Å²) in [5.41, 5.74) is 2.14. The number of anilines is 1. The molecule has 0 saturated heterocycles. The van der Waals surface area contributed by atoms with Gasteiger partial charge < -0.3 is 10.3 Å². The van der Waals surface area contributed by atoms with Gasteiger partial charge >= 0.3 is 0 Å². The van der Waals surface area contributed by atoms with Gasteiger partial charge in [0.2, 0.25) is 0 Å². The Kier molecular flexibility index (Phi) is 8.49. The van der Waals surface area contributed by atoms with Crippen molar-refractivity contribution in [2.45, 2.75) is 31.6 Å². The zero-order valence-electron chi connectivity index (χ0n) is 18.6. The normalized spacial score (nSPS) is 12.1. The lowest BCUT2D eigenvalue weighted by molar-refractivity contribution is -0.119. The van der Waals surface area contributed by atoms with Crippen LogP contribution in [0, 0.1) is 5.82 Å². The van der Waals surface area contributed by atoms with E-state index in [0.29, 0.717) is 50.7 Å². The summed E-state index contributed by atoms with van der Waals surface area (Å²) in [5, 5.41) is 5.34. The molecule has 0 unspecified atom stereocenters. The Morgan fingerprint density at radius 2 is 1.97 bits per heavy atom. The Hall–Kier alpha value is -2.39. The number of Topliss-reactive ketones (excluding diaryl/α,β-unsaturated/α-hetero) is 1. The molecule has 1 atom stereocenters. The quantitative estimate of drug-likeness (QED) is 0.202. The van der Waals surface area contributed by atoms with Crippen molar-refractivity contribution in [2.24, 2.45) is 0 Å². The molecule has 0 aliphatic rings. The molecule has 35 heavy (non-hydrogen) atoms. The maximum Gasteiger partial charge on any atom is 0.183 e. The van der Waals surface area contributed by atoms with E-state index in [1.165, 1.54) is 6.20 Å². The standard InChI is InChI=1S/C24H21Cl3FN5OS/c1-13(21(34)6-3-7-35-12-17-18(26)4-2-5-19(17)27)32-24-20(28)11-31-23(33-24)16-10-30-22-15(16)8-14(25)9-29-22/h2,4-5,8-11,13H,3,6-7,12H2,1H3,(H,29,30)(H,31,32,33)/t13-/m0/s1. The third kappa shape index (κ3) is 6.25. The predicted molar refractivity (Wildman–Crippen MR) is 142 cm³/mol. The van der Waals surface area contributed by atoms with Crippen LogP contribution in [-0.4, -0.2) is 37.5 Å². The molecule has 2 N–H and O–H groups in total. The molecule has 11 heteroatoms. The lowest BCUT2D eigenvalue weighted by Gasteiger charge is -2.14. The zero-order chi connectivity index (χ0) is 24.9. The molecule has 0 amide bonds. The first-order valence-electron chi connectivity index (χ1n) is 10.8. The number of rotatable bonds is 10. The topological polar surface area (TPSA) is 83.6 Å². The van der Waals surface area contributed by atoms with E-state index < -0.39 is 11.9 Å². The van der Waals surface area contributed by atoms with Gasteiger partial charge in [0.1, 0.15) is 5.65 Å². The molecule has 182 valence electrons. The molecule has 0 aliphatic heterocycles. The van der Waals surface area contributed by atoms with Gasteiger partial charge in [0.05, 0.1) is 17.3 Å². The number of fused-ring (bicyclic) bond motifs is 1. The lowest BCUT2D eigenvalue weighted by Crippen LogP contribution is -2.27. The number of carbonyl (C=O) groups is 1. The predicted octanol–water partition coefficient (Wildman–Crippen LogP) is 7.20. The molecular weight excluding hydrogens is 532 g/mol. The van der Waals surface area contributed by atoms with Gasteiger partial charge in [-0.3, -0.25) is 4.79 Å². The monoisotopic (exact) mass is 551 g/mol. The SMILES string of the molecule is C[C@H](Nc1nc(-c2c[nH]c3ncc(Cl)cc23)ncc1F)C(=O)CCCSCc1c(Cl)cccc1Cl. The number of ketones is 1. The number of hydrogen-bond acceptors (Lipinski definition) is 6. The number of pyridine rings is 1. The van der Waals surface area contributed by atoms with Gasteiger partial charge in [-0.25, -0.2) is 19.3 Å². The maximum absolute atomic E-state index is 14.4. The highest BCUT2D eigenvalue weighted by Gasteiger charge is 2.18. The highest BCUT2D eigenvalue weighted by Crippen LogP contribution is 2.29. The number of H-pyrrole nitrogens is 1. The summed E-state index contributed by atoms with van der Waals surface area (Å²) >= 11 is 20.1. The van der Waals surface area contributed by atoms with E-state index in [2.05, 4.69) is 25.3 Å². The summed E-state index contributed by atoms with van der Waals surface area (Å²) in [4.78, 5) is 28.3. The first-order chi connectivity index (χ1) is 16.8. The largest absolute Gasteiger partial charge is 0.358 e. The van der Waals surface area contributed by atoms with Gasteiger partial charge in [-0.1, -0.05) is 40.9 Å². The van der Waals surface area contributed by atoms with Crippen molar-refractivity contribution in [1.29, 1.82) is 0 Å². The van der Waals surface area contributed by atoms with E-state index >= 15 is 0 Å². The smallest absolute Gasteiger partial charge is 0.183 e. The summed E-state index contributed by atoms with van der Waals surface area (Å²) in [6.07, 6.45) is 5.32. The Bertz CT molecular complexity index is 1350. The minimum absolute atomic E-state index is 0.0379. The Morgan fingerprint density at radius 1 is 1.20 bits per heavy atom. The van der Waals surface area contributed by atoms with Crippen LogP contribution in [0.15, 0.2) is 42.9 Å². The van der Waals surface area contributed by atoms with Crippen molar-refractivity contribution in [3.63, 3.8) is 0 Å². The van der Waals surface area contributed by atoms with Crippen LogP contribution < -0.4 is 5.32 Å². The maximum atomic E-state index is 14.4. The molecule has 0 aliphatic carbocycles. The highest BCUT2D eigenvalue weighted by atomic mass is 35.5. The molecule has 1 aromatic carbocycles. The fraction of sp³-hybridized carbons (Fsp3) is 0.250. The van der Waals surface area contributed by atoms with E-state index in [9.17, 15) is 9.18 Å². The van der Waals surface area contributed by atoms with Gasteiger partial charge in [0.25, 0.3) is 0 Å². The van der Waals surface area contributed by atoms with Crippen molar-refractivity contribution >= 4 is 69.2 Å². The van der Waals surface area contributed by atoms with Crippen LogP contribution in [0.4, 0.5) is 10.2 Å². The second-order valence-electron chi connectivity index (χ2n) is 7.83. The number of benzene rings is 1. The van der Waals surface area contributed by atoms with E-state index in [1.54, 1.807) is 30.9 Å². The molecule has 0 spiro atoms. The molecule has 0 saturated carbocycles. The first kappa shape index (κ1) is 25.7. The number of nitrogens with one attached hydrogen (secondary N) is 2. The van der Waals surface area contributed by atoms with Crippen LogP contribution >= 0.6 is 46.6 Å². The van der Waals surface area contributed by atoms with Crippen LogP contribution in [0.3, 0.4) is 0 Å². The lowest BCUT2D eigenvalue weighted by atomic mass is 10.1. The van der Waals surface area contributed by atoms with Crippen LogP contribution in [-0.2, 0) is 10.5 Å². The van der Waals surface area contributed by atoms with Gasteiger partial charge in [0.15, 0.2) is 23.2 Å². The van der Waals surface area contributed by atoms with Gasteiger partial charge in [-0.2, -0.15) is 11.8 Å². The third-order valence-electron chi connectivity index (χ3n) is 5.34. The number of thioether (sulfide) groups is 1. The minimum atomic E-state index is -0.642. The Morgan fingerprint density at radius 3 is 2.74 bits per heavy atom. The van der Waals surface area contributed by atoms with Crippen molar-refractivity contribution in [2.75, 3.05) is 11.1 Å². The van der Waals surface area contributed by atoms with Crippen molar-refractivity contribution < 1.29 is 9.18 Å². The number of hydrogen-bond donors (Lipinski definition) is 2. The van der Waals surface area contributed by atoms with Gasteiger partial charge in [-0.05, 0) is 42.9 Å². The van der Waals surface area contributed by atoms with Gasteiger partial charge in [-0.15, -0.1) is 0 Å². The van der Waals surface area contributed by atoms with Crippen molar-refractivity contribution in [3.05, 3.63) is 69.3 Å². The van der Waals surface area contributed by atoms with E-state index in [0.717, 1.165) is 22.9 Å². The second kappa shape index (κ2) is 11.6. The summed E-state index contributed by atoms with van der Waals surface area (Å²) in [6.45, 7) is 1.69. The summed E-state index contributed by atoms with van der Waals surface area (Å²) < 4.78 is 14.4. The third-order valence-corrected chi connectivity index (χ3v) is 7.32. The van der Waals surface area contributed by atoms with Crippen molar-refractivity contribution in [1.82, 2.24) is 19.9 Å². The molecule has 0 fully saturated rings. The highest BCUT2D eigenvalue weighted by molar-refractivity contribution is 7.98. The van der Waals surface area contributed by atoms with Gasteiger partial charge in [0, 0.05) is 45.6 Å². The summed E-state index contributed by atoms with van der Waals surface area (Å²) in [7, 11) is 0. The van der Waals surface area contributed by atoms with Crippen LogP contribution in [0.25, 0.3) is 22.4 Å². The molecular formula is C24H21Cl3FN5OS. The van der Waals surface area contributed by atoms with Crippen molar-refractivity contribution in [3.8, 4) is 11.4 Å². The zero-order valence-corrected chi connectivity index (χ0v) is 21.7. The molecule has 4 aromatic rings. The minimum Gasteiger partial charge on any atom is -0.358 e. The Labute approximate surface area is 221 Å².